The van der Waals surface area contributed by atoms with Gasteiger partial charge in [-0.3, -0.25) is 4.90 Å². The highest BCUT2D eigenvalue weighted by molar-refractivity contribution is 8.00. The molecule has 120 valence electrons. The first kappa shape index (κ1) is 18.1. The van der Waals surface area contributed by atoms with Crippen LogP contribution in [0, 0.1) is 5.92 Å². The summed E-state index contributed by atoms with van der Waals surface area (Å²) >= 11 is 0.0938. The average Bonchev–Trinajstić information content (AvgIpc) is 2.31. The van der Waals surface area contributed by atoms with Crippen LogP contribution in [-0.4, -0.2) is 47.4 Å². The zero-order valence-electron chi connectivity index (χ0n) is 12.9. The van der Waals surface area contributed by atoms with E-state index in [2.05, 4.69) is 37.9 Å². The van der Waals surface area contributed by atoms with Crippen LogP contribution in [0.2, 0.25) is 0 Å². The molecule has 0 radical (unpaired) electrons. The largest absolute Gasteiger partial charge is 0.441 e. The van der Waals surface area contributed by atoms with E-state index in [0.717, 1.165) is 25.9 Å². The molecule has 0 amide bonds. The number of hydrogen-bond acceptors (Lipinski definition) is 3. The first-order valence-electron chi connectivity index (χ1n) is 7.35. The molecule has 0 saturated carbocycles. The lowest BCUT2D eigenvalue weighted by atomic mass is 9.91. The van der Waals surface area contributed by atoms with Crippen LogP contribution in [-0.2, 0) is 0 Å². The van der Waals surface area contributed by atoms with E-state index in [4.69, 9.17) is 0 Å². The van der Waals surface area contributed by atoms with Gasteiger partial charge in [-0.25, -0.2) is 0 Å². The first-order chi connectivity index (χ1) is 9.15. The third-order valence-corrected chi connectivity index (χ3v) is 4.71. The molecule has 1 aliphatic rings. The molecule has 1 heterocycles. The van der Waals surface area contributed by atoms with Crippen LogP contribution in [0.5, 0.6) is 0 Å². The summed E-state index contributed by atoms with van der Waals surface area (Å²) in [5.41, 5.74) is -4.09. The average molecular weight is 312 g/mol. The summed E-state index contributed by atoms with van der Waals surface area (Å²) in [6.45, 7) is 10.8. The Kier molecular flexibility index (Phi) is 6.67. The summed E-state index contributed by atoms with van der Waals surface area (Å²) in [6.07, 6.45) is 2.02. The predicted molar refractivity (Wildman–Crippen MR) is 80.0 cm³/mol. The SMILES string of the molecule is CCC1(C)CN(CCSC(F)(F)F)C(CC(C)C)CN1. The Hall–Kier alpha value is 0.0600. The van der Waals surface area contributed by atoms with Crippen LogP contribution in [0.4, 0.5) is 13.2 Å². The van der Waals surface area contributed by atoms with E-state index in [9.17, 15) is 13.2 Å². The van der Waals surface area contributed by atoms with E-state index in [0.29, 0.717) is 18.5 Å². The zero-order chi connectivity index (χ0) is 15.4. The van der Waals surface area contributed by atoms with E-state index in [1.165, 1.54) is 0 Å². The lowest BCUT2D eigenvalue weighted by molar-refractivity contribution is -0.0330. The summed E-state index contributed by atoms with van der Waals surface area (Å²) in [4.78, 5) is 2.25. The quantitative estimate of drug-likeness (QED) is 0.804. The van der Waals surface area contributed by atoms with Crippen molar-refractivity contribution >= 4 is 11.8 Å². The van der Waals surface area contributed by atoms with E-state index in [1.807, 2.05) is 0 Å². The predicted octanol–water partition coefficient (Wildman–Crippen LogP) is 3.73. The van der Waals surface area contributed by atoms with Gasteiger partial charge in [-0.15, -0.1) is 0 Å². The van der Waals surface area contributed by atoms with Gasteiger partial charge in [0.15, 0.2) is 0 Å². The van der Waals surface area contributed by atoms with Crippen LogP contribution in [0.3, 0.4) is 0 Å². The van der Waals surface area contributed by atoms with Crippen molar-refractivity contribution in [3.63, 3.8) is 0 Å². The fourth-order valence-corrected chi connectivity index (χ4v) is 3.24. The molecular formula is C14H27F3N2S. The fraction of sp³-hybridized carbons (Fsp3) is 1.00. The van der Waals surface area contributed by atoms with Crippen LogP contribution in [0.1, 0.15) is 40.5 Å². The molecule has 0 aromatic carbocycles. The maximum Gasteiger partial charge on any atom is 0.441 e. The summed E-state index contributed by atoms with van der Waals surface area (Å²) in [5, 5.41) is 3.57. The Morgan fingerprint density at radius 2 is 2.05 bits per heavy atom. The zero-order valence-corrected chi connectivity index (χ0v) is 13.7. The van der Waals surface area contributed by atoms with Gasteiger partial charge in [0, 0.05) is 37.0 Å². The molecule has 0 spiro atoms. The van der Waals surface area contributed by atoms with Gasteiger partial charge < -0.3 is 5.32 Å². The molecule has 2 nitrogen and oxygen atoms in total. The van der Waals surface area contributed by atoms with Crippen molar-refractivity contribution in [3.05, 3.63) is 0 Å². The van der Waals surface area contributed by atoms with Crippen LogP contribution in [0.25, 0.3) is 0 Å². The lowest BCUT2D eigenvalue weighted by Crippen LogP contribution is -2.63. The third-order valence-electron chi connectivity index (χ3n) is 4.00. The number of hydrogen-bond donors (Lipinski definition) is 1. The molecule has 2 atom stereocenters. The van der Waals surface area contributed by atoms with Crippen LogP contribution < -0.4 is 5.32 Å². The minimum Gasteiger partial charge on any atom is -0.309 e. The minimum absolute atomic E-state index is 0.0242. The van der Waals surface area contributed by atoms with Gasteiger partial charge in [0.2, 0.25) is 0 Å². The van der Waals surface area contributed by atoms with Gasteiger partial charge in [-0.2, -0.15) is 13.2 Å². The summed E-state index contributed by atoms with van der Waals surface area (Å²) in [7, 11) is 0. The van der Waals surface area contributed by atoms with E-state index < -0.39 is 5.51 Å². The maximum absolute atomic E-state index is 12.3. The van der Waals surface area contributed by atoms with E-state index >= 15 is 0 Å². The van der Waals surface area contributed by atoms with Crippen molar-refractivity contribution in [1.82, 2.24) is 10.2 Å². The number of piperazine rings is 1. The molecule has 1 aliphatic heterocycles. The molecule has 2 unspecified atom stereocenters. The smallest absolute Gasteiger partial charge is 0.309 e. The highest BCUT2D eigenvalue weighted by atomic mass is 32.2. The highest BCUT2D eigenvalue weighted by Gasteiger charge is 2.35. The van der Waals surface area contributed by atoms with Crippen molar-refractivity contribution in [2.45, 2.75) is 57.6 Å². The molecule has 0 bridgehead atoms. The molecule has 0 aromatic heterocycles. The standard InChI is InChI=1S/C14H27F3N2S/c1-5-13(4)10-19(6-7-20-14(15,16)17)12(9-18-13)8-11(2)3/h11-12,18H,5-10H2,1-4H3. The Morgan fingerprint density at radius 3 is 2.55 bits per heavy atom. The normalized spacial score (nSPS) is 29.1. The number of alkyl halides is 3. The number of halogens is 3. The van der Waals surface area contributed by atoms with Crippen LogP contribution in [0.15, 0.2) is 0 Å². The molecule has 0 aromatic rings. The van der Waals surface area contributed by atoms with Crippen molar-refractivity contribution in [2.24, 2.45) is 5.92 Å². The number of rotatable bonds is 6. The maximum atomic E-state index is 12.3. The number of thioether (sulfide) groups is 1. The lowest BCUT2D eigenvalue weighted by Gasteiger charge is -2.46. The second-order valence-electron chi connectivity index (χ2n) is 6.34. The van der Waals surface area contributed by atoms with E-state index in [-0.39, 0.29) is 23.1 Å². The summed E-state index contributed by atoms with van der Waals surface area (Å²) < 4.78 is 36.8. The molecule has 1 fully saturated rings. The Morgan fingerprint density at radius 1 is 1.40 bits per heavy atom. The Bertz CT molecular complexity index is 297. The summed E-state index contributed by atoms with van der Waals surface area (Å²) in [6, 6.07) is 0.350. The van der Waals surface area contributed by atoms with Gasteiger partial charge in [0.25, 0.3) is 0 Å². The van der Waals surface area contributed by atoms with Gasteiger partial charge >= 0.3 is 5.51 Å². The molecular weight excluding hydrogens is 285 g/mol. The topological polar surface area (TPSA) is 15.3 Å². The van der Waals surface area contributed by atoms with Crippen molar-refractivity contribution < 1.29 is 13.2 Å². The van der Waals surface area contributed by atoms with Crippen molar-refractivity contribution in [2.75, 3.05) is 25.4 Å². The molecule has 1 rings (SSSR count). The van der Waals surface area contributed by atoms with Crippen molar-refractivity contribution in [1.29, 1.82) is 0 Å². The van der Waals surface area contributed by atoms with Crippen LogP contribution >= 0.6 is 11.8 Å². The number of nitrogens with one attached hydrogen (secondary N) is 1. The Balaban J connectivity index is 2.57. The molecule has 0 aliphatic carbocycles. The molecule has 1 N–H and O–H groups in total. The van der Waals surface area contributed by atoms with Crippen molar-refractivity contribution in [3.8, 4) is 0 Å². The first-order valence-corrected chi connectivity index (χ1v) is 8.33. The molecule has 20 heavy (non-hydrogen) atoms. The Labute approximate surface area is 124 Å². The second-order valence-corrected chi connectivity index (χ2v) is 7.50. The van der Waals surface area contributed by atoms with Gasteiger partial charge in [-0.1, -0.05) is 20.8 Å². The molecule has 1 saturated heterocycles. The summed E-state index contributed by atoms with van der Waals surface area (Å²) in [5.74, 6) is 0.684. The van der Waals surface area contributed by atoms with Gasteiger partial charge in [0.05, 0.1) is 0 Å². The van der Waals surface area contributed by atoms with Gasteiger partial charge in [-0.05, 0) is 37.4 Å². The minimum atomic E-state index is -4.12. The van der Waals surface area contributed by atoms with E-state index in [1.54, 1.807) is 0 Å². The number of nitrogens with zero attached hydrogens (tertiary/aromatic N) is 1. The van der Waals surface area contributed by atoms with Gasteiger partial charge in [0.1, 0.15) is 0 Å². The second kappa shape index (κ2) is 7.36. The fourth-order valence-electron chi connectivity index (χ4n) is 2.68. The third kappa shape index (κ3) is 6.22. The monoisotopic (exact) mass is 312 g/mol. The molecule has 6 heteroatoms. The highest BCUT2D eigenvalue weighted by Crippen LogP contribution is 2.31.